The summed E-state index contributed by atoms with van der Waals surface area (Å²) >= 11 is 4.70. The molecule has 0 spiro atoms. The Morgan fingerprint density at radius 1 is 1.21 bits per heavy atom. The molecule has 1 aromatic heterocycles. The van der Waals surface area contributed by atoms with Gasteiger partial charge in [-0.2, -0.15) is 24.5 Å². The minimum absolute atomic E-state index is 0. The van der Waals surface area contributed by atoms with Crippen molar-refractivity contribution in [2.75, 3.05) is 0 Å². The average molecular weight is 373 g/mol. The van der Waals surface area contributed by atoms with E-state index in [1.807, 2.05) is 16.8 Å². The lowest BCUT2D eigenvalue weighted by Gasteiger charge is -2.15. The van der Waals surface area contributed by atoms with Crippen LogP contribution in [0.1, 0.15) is 22.7 Å². The molecule has 19 heavy (non-hydrogen) atoms. The molecule has 1 aromatic carbocycles. The van der Waals surface area contributed by atoms with Gasteiger partial charge in [0.1, 0.15) is 0 Å². The van der Waals surface area contributed by atoms with Crippen LogP contribution in [0.15, 0.2) is 39.5 Å². The molecular formula is C12H10BrClF3NS. The molecule has 7 heteroatoms. The van der Waals surface area contributed by atoms with Gasteiger partial charge in [-0.05, 0) is 46.2 Å². The summed E-state index contributed by atoms with van der Waals surface area (Å²) < 4.78 is 38.5. The number of nitrogens with two attached hydrogens (primary N) is 1. The van der Waals surface area contributed by atoms with Crippen molar-refractivity contribution in [3.8, 4) is 0 Å². The predicted molar refractivity (Wildman–Crippen MR) is 76.7 cm³/mol. The number of hydrogen-bond acceptors (Lipinski definition) is 2. The third kappa shape index (κ3) is 3.72. The largest absolute Gasteiger partial charge is 0.416 e. The molecule has 0 radical (unpaired) electrons. The normalized spacial score (nSPS) is 12.9. The lowest BCUT2D eigenvalue weighted by Crippen LogP contribution is -2.14. The quantitative estimate of drug-likeness (QED) is 0.789. The van der Waals surface area contributed by atoms with Gasteiger partial charge in [-0.15, -0.1) is 12.4 Å². The molecule has 2 rings (SSSR count). The zero-order valence-electron chi connectivity index (χ0n) is 9.45. The molecule has 2 aromatic rings. The standard InChI is InChI=1S/C12H9BrF3NS.ClH/c13-10-2-1-8(12(14,15)16)5-9(10)11(17)7-3-4-18-6-7;/h1-6,11H,17H2;1H/t11-;/m1./s1. The van der Waals surface area contributed by atoms with E-state index in [9.17, 15) is 13.2 Å². The van der Waals surface area contributed by atoms with Crippen LogP contribution in [-0.2, 0) is 6.18 Å². The van der Waals surface area contributed by atoms with E-state index < -0.39 is 17.8 Å². The first-order chi connectivity index (χ1) is 8.39. The highest BCUT2D eigenvalue weighted by Gasteiger charge is 2.31. The zero-order chi connectivity index (χ0) is 13.3. The van der Waals surface area contributed by atoms with E-state index in [-0.39, 0.29) is 12.4 Å². The molecule has 1 nitrogen and oxygen atoms in total. The predicted octanol–water partition coefficient (Wildman–Crippen LogP) is 5.00. The van der Waals surface area contributed by atoms with Crippen LogP contribution in [0.5, 0.6) is 0 Å². The van der Waals surface area contributed by atoms with Gasteiger partial charge in [0.2, 0.25) is 0 Å². The van der Waals surface area contributed by atoms with Crippen molar-refractivity contribution in [1.29, 1.82) is 0 Å². The van der Waals surface area contributed by atoms with Crippen LogP contribution in [0.25, 0.3) is 0 Å². The summed E-state index contributed by atoms with van der Waals surface area (Å²) in [4.78, 5) is 0. The Kier molecular flexibility index (Phi) is 5.43. The molecule has 0 bridgehead atoms. The second kappa shape index (κ2) is 6.26. The maximum Gasteiger partial charge on any atom is 0.416 e. The fraction of sp³-hybridized carbons (Fsp3) is 0.167. The maximum absolute atomic E-state index is 12.7. The van der Waals surface area contributed by atoms with E-state index in [1.165, 1.54) is 17.4 Å². The Labute approximate surface area is 127 Å². The van der Waals surface area contributed by atoms with Gasteiger partial charge >= 0.3 is 6.18 Å². The minimum atomic E-state index is -4.36. The molecule has 2 N–H and O–H groups in total. The monoisotopic (exact) mass is 371 g/mol. The van der Waals surface area contributed by atoms with E-state index in [1.54, 1.807) is 0 Å². The average Bonchev–Trinajstić information content (AvgIpc) is 2.80. The summed E-state index contributed by atoms with van der Waals surface area (Å²) in [5, 5.41) is 3.67. The second-order valence-corrected chi connectivity index (χ2v) is 5.40. The molecule has 0 amide bonds. The van der Waals surface area contributed by atoms with E-state index in [0.717, 1.165) is 17.7 Å². The molecule has 0 aliphatic carbocycles. The van der Waals surface area contributed by atoms with Crippen LogP contribution < -0.4 is 5.73 Å². The third-order valence-corrected chi connectivity index (χ3v) is 3.98. The highest BCUT2D eigenvalue weighted by Crippen LogP contribution is 2.35. The van der Waals surface area contributed by atoms with Gasteiger partial charge in [-0.3, -0.25) is 0 Å². The Balaban J connectivity index is 0.00000180. The summed E-state index contributed by atoms with van der Waals surface area (Å²) in [7, 11) is 0. The Morgan fingerprint density at radius 2 is 1.89 bits per heavy atom. The van der Waals surface area contributed by atoms with Crippen molar-refractivity contribution in [3.05, 3.63) is 56.2 Å². The molecule has 0 saturated carbocycles. The molecule has 1 atom stereocenters. The van der Waals surface area contributed by atoms with Crippen molar-refractivity contribution in [2.45, 2.75) is 12.2 Å². The van der Waals surface area contributed by atoms with Crippen LogP contribution >= 0.6 is 39.7 Å². The highest BCUT2D eigenvalue weighted by molar-refractivity contribution is 9.10. The smallest absolute Gasteiger partial charge is 0.320 e. The molecule has 0 unspecified atom stereocenters. The van der Waals surface area contributed by atoms with Gasteiger partial charge in [-0.25, -0.2) is 0 Å². The second-order valence-electron chi connectivity index (χ2n) is 3.77. The van der Waals surface area contributed by atoms with Crippen molar-refractivity contribution in [1.82, 2.24) is 0 Å². The van der Waals surface area contributed by atoms with Crippen molar-refractivity contribution >= 4 is 39.7 Å². The summed E-state index contributed by atoms with van der Waals surface area (Å²) in [6.45, 7) is 0. The van der Waals surface area contributed by atoms with Crippen LogP contribution in [0.3, 0.4) is 0 Å². The van der Waals surface area contributed by atoms with Gasteiger partial charge in [0.15, 0.2) is 0 Å². The molecule has 1 heterocycles. The van der Waals surface area contributed by atoms with Gasteiger partial charge < -0.3 is 5.73 Å². The Morgan fingerprint density at radius 3 is 2.42 bits per heavy atom. The fourth-order valence-corrected chi connectivity index (χ4v) is 2.78. The number of thiophene rings is 1. The van der Waals surface area contributed by atoms with E-state index >= 15 is 0 Å². The van der Waals surface area contributed by atoms with Crippen LogP contribution in [0.2, 0.25) is 0 Å². The molecule has 0 aliphatic heterocycles. The topological polar surface area (TPSA) is 26.0 Å². The fourth-order valence-electron chi connectivity index (χ4n) is 1.59. The van der Waals surface area contributed by atoms with Crippen molar-refractivity contribution in [2.24, 2.45) is 5.73 Å². The molecule has 104 valence electrons. The number of alkyl halides is 3. The summed E-state index contributed by atoms with van der Waals surface area (Å²) in [5.41, 5.74) is 6.53. The van der Waals surface area contributed by atoms with Crippen LogP contribution in [0.4, 0.5) is 13.2 Å². The van der Waals surface area contributed by atoms with Gasteiger partial charge in [0.25, 0.3) is 0 Å². The minimum Gasteiger partial charge on any atom is -0.320 e. The molecular weight excluding hydrogens is 363 g/mol. The van der Waals surface area contributed by atoms with Gasteiger partial charge in [-0.1, -0.05) is 15.9 Å². The lowest BCUT2D eigenvalue weighted by atomic mass is 10.00. The highest BCUT2D eigenvalue weighted by atomic mass is 79.9. The molecule has 0 saturated heterocycles. The van der Waals surface area contributed by atoms with Crippen LogP contribution in [0, 0.1) is 0 Å². The SMILES string of the molecule is Cl.N[C@H](c1ccsc1)c1cc(C(F)(F)F)ccc1Br. The third-order valence-electron chi connectivity index (χ3n) is 2.56. The maximum atomic E-state index is 12.7. The Hall–Kier alpha value is -0.560. The Bertz CT molecular complexity index is 542. The zero-order valence-corrected chi connectivity index (χ0v) is 12.7. The first-order valence-electron chi connectivity index (χ1n) is 5.04. The summed E-state index contributed by atoms with van der Waals surface area (Å²) in [5.74, 6) is 0. The van der Waals surface area contributed by atoms with Crippen LogP contribution in [-0.4, -0.2) is 0 Å². The lowest BCUT2D eigenvalue weighted by molar-refractivity contribution is -0.137. The first kappa shape index (κ1) is 16.5. The van der Waals surface area contributed by atoms with E-state index in [2.05, 4.69) is 15.9 Å². The van der Waals surface area contributed by atoms with E-state index in [4.69, 9.17) is 5.73 Å². The molecule has 0 aliphatic rings. The number of benzene rings is 1. The summed E-state index contributed by atoms with van der Waals surface area (Å²) in [6, 6.07) is 4.75. The molecule has 0 fully saturated rings. The van der Waals surface area contributed by atoms with Gasteiger partial charge in [0.05, 0.1) is 11.6 Å². The van der Waals surface area contributed by atoms with Crippen molar-refractivity contribution in [3.63, 3.8) is 0 Å². The first-order valence-corrected chi connectivity index (χ1v) is 6.77. The van der Waals surface area contributed by atoms with Gasteiger partial charge in [0, 0.05) is 4.47 Å². The van der Waals surface area contributed by atoms with Crippen molar-refractivity contribution < 1.29 is 13.2 Å². The number of halogens is 5. The summed E-state index contributed by atoms with van der Waals surface area (Å²) in [6.07, 6.45) is -4.36. The van der Waals surface area contributed by atoms with E-state index in [0.29, 0.717) is 10.0 Å². The number of rotatable bonds is 2. The number of hydrogen-bond donors (Lipinski definition) is 1.